The second-order valence-corrected chi connectivity index (χ2v) is 7.51. The zero-order valence-corrected chi connectivity index (χ0v) is 18.2. The van der Waals surface area contributed by atoms with Gasteiger partial charge in [0, 0.05) is 6.42 Å². The van der Waals surface area contributed by atoms with Gasteiger partial charge < -0.3 is 32.5 Å². The molecule has 0 aliphatic carbocycles. The smallest absolute Gasteiger partial charge is 0.326 e. The minimum absolute atomic E-state index is 0.0825. The number of benzene rings is 1. The molecule has 0 aliphatic heterocycles. The molecule has 1 rings (SSSR count). The molecule has 8 N–H and O–H groups in total. The van der Waals surface area contributed by atoms with E-state index in [0.29, 0.717) is 6.42 Å². The second kappa shape index (κ2) is 13.1. The van der Waals surface area contributed by atoms with Crippen molar-refractivity contribution in [1.29, 1.82) is 0 Å². The Kier molecular flexibility index (Phi) is 10.8. The summed E-state index contributed by atoms with van der Waals surface area (Å²) >= 11 is 0. The van der Waals surface area contributed by atoms with E-state index in [1.54, 1.807) is 37.3 Å². The maximum Gasteiger partial charge on any atom is 0.326 e. The number of rotatable bonds is 13. The van der Waals surface area contributed by atoms with Crippen LogP contribution in [0.25, 0.3) is 0 Å². The molecular weight excluding hydrogens is 418 g/mol. The van der Waals surface area contributed by atoms with Crippen LogP contribution < -0.4 is 27.4 Å². The summed E-state index contributed by atoms with van der Waals surface area (Å²) in [5.74, 6) is -4.31. The van der Waals surface area contributed by atoms with E-state index in [1.807, 2.05) is 6.92 Å². The molecule has 32 heavy (non-hydrogen) atoms. The SMILES string of the molecule is CCC(C)C(NC(=O)C(N)CC(N)=O)C(=O)NCC(=O)NC(Cc1ccccc1)C(=O)O. The highest BCUT2D eigenvalue weighted by atomic mass is 16.4. The number of primary amides is 1. The average molecular weight is 450 g/mol. The first-order valence-electron chi connectivity index (χ1n) is 10.2. The highest BCUT2D eigenvalue weighted by Gasteiger charge is 2.29. The Bertz CT molecular complexity index is 816. The average Bonchev–Trinajstić information content (AvgIpc) is 2.74. The maximum atomic E-state index is 12.6. The Morgan fingerprint density at radius 2 is 1.66 bits per heavy atom. The van der Waals surface area contributed by atoms with E-state index in [1.165, 1.54) is 0 Å². The quantitative estimate of drug-likeness (QED) is 0.214. The molecule has 1 aromatic rings. The van der Waals surface area contributed by atoms with Crippen LogP contribution in [0, 0.1) is 5.92 Å². The van der Waals surface area contributed by atoms with Gasteiger partial charge in [-0.05, 0) is 11.5 Å². The minimum Gasteiger partial charge on any atom is -0.480 e. The number of hydrogen-bond acceptors (Lipinski definition) is 6. The summed E-state index contributed by atoms with van der Waals surface area (Å²) in [5.41, 5.74) is 11.4. The number of nitrogens with two attached hydrogens (primary N) is 2. The third-order valence-electron chi connectivity index (χ3n) is 4.89. The van der Waals surface area contributed by atoms with Gasteiger partial charge in [-0.15, -0.1) is 0 Å². The third-order valence-corrected chi connectivity index (χ3v) is 4.89. The number of carbonyl (C=O) groups excluding carboxylic acids is 4. The van der Waals surface area contributed by atoms with Crippen LogP contribution in [-0.2, 0) is 30.4 Å². The van der Waals surface area contributed by atoms with Gasteiger partial charge in [-0.2, -0.15) is 0 Å². The first kappa shape index (κ1) is 26.6. The third kappa shape index (κ3) is 9.13. The molecular formula is C21H31N5O6. The van der Waals surface area contributed by atoms with Crippen LogP contribution in [0.2, 0.25) is 0 Å². The summed E-state index contributed by atoms with van der Waals surface area (Å²) in [6.45, 7) is 3.06. The summed E-state index contributed by atoms with van der Waals surface area (Å²) < 4.78 is 0. The predicted molar refractivity (Wildman–Crippen MR) is 116 cm³/mol. The summed E-state index contributed by atoms with van der Waals surface area (Å²) in [7, 11) is 0. The van der Waals surface area contributed by atoms with Gasteiger partial charge in [0.2, 0.25) is 23.6 Å². The fourth-order valence-corrected chi connectivity index (χ4v) is 2.84. The molecule has 4 unspecified atom stereocenters. The molecule has 0 fully saturated rings. The topological polar surface area (TPSA) is 194 Å². The molecule has 0 aliphatic rings. The van der Waals surface area contributed by atoms with E-state index in [-0.39, 0.29) is 18.8 Å². The van der Waals surface area contributed by atoms with E-state index in [4.69, 9.17) is 11.5 Å². The van der Waals surface area contributed by atoms with Crippen molar-refractivity contribution in [3.63, 3.8) is 0 Å². The van der Waals surface area contributed by atoms with E-state index in [2.05, 4.69) is 16.0 Å². The number of amides is 4. The molecule has 11 heteroatoms. The van der Waals surface area contributed by atoms with Crippen LogP contribution in [0.4, 0.5) is 0 Å². The molecule has 0 spiro atoms. The molecule has 0 heterocycles. The summed E-state index contributed by atoms with van der Waals surface area (Å²) in [6, 6.07) is 5.42. The second-order valence-electron chi connectivity index (χ2n) is 7.51. The molecule has 1 aromatic carbocycles. The maximum absolute atomic E-state index is 12.6. The fourth-order valence-electron chi connectivity index (χ4n) is 2.84. The Morgan fingerprint density at radius 3 is 2.19 bits per heavy atom. The summed E-state index contributed by atoms with van der Waals surface area (Å²) in [6.07, 6.45) is 0.244. The molecule has 0 aromatic heterocycles. The first-order chi connectivity index (χ1) is 15.0. The van der Waals surface area contributed by atoms with E-state index < -0.39 is 54.3 Å². The van der Waals surface area contributed by atoms with E-state index in [0.717, 1.165) is 5.56 Å². The van der Waals surface area contributed by atoms with Gasteiger partial charge in [-0.1, -0.05) is 50.6 Å². The normalized spacial score (nSPS) is 14.3. The van der Waals surface area contributed by atoms with Crippen molar-refractivity contribution < 1.29 is 29.1 Å². The molecule has 4 amide bonds. The molecule has 0 bridgehead atoms. The lowest BCUT2D eigenvalue weighted by molar-refractivity contribution is -0.141. The lowest BCUT2D eigenvalue weighted by Crippen LogP contribution is -2.56. The number of nitrogens with one attached hydrogen (secondary N) is 3. The Balaban J connectivity index is 2.69. The highest BCUT2D eigenvalue weighted by Crippen LogP contribution is 2.09. The van der Waals surface area contributed by atoms with Crippen molar-refractivity contribution in [3.8, 4) is 0 Å². The van der Waals surface area contributed by atoms with Gasteiger partial charge in [0.05, 0.1) is 19.0 Å². The lowest BCUT2D eigenvalue weighted by atomic mass is 9.97. The lowest BCUT2D eigenvalue weighted by Gasteiger charge is -2.25. The number of carboxylic acid groups (broad SMARTS) is 1. The number of carboxylic acids is 1. The van der Waals surface area contributed by atoms with Crippen molar-refractivity contribution in [2.45, 2.75) is 51.2 Å². The van der Waals surface area contributed by atoms with Crippen LogP contribution in [0.5, 0.6) is 0 Å². The van der Waals surface area contributed by atoms with Gasteiger partial charge in [0.25, 0.3) is 0 Å². The monoisotopic (exact) mass is 449 g/mol. The largest absolute Gasteiger partial charge is 0.480 e. The first-order valence-corrected chi connectivity index (χ1v) is 10.2. The van der Waals surface area contributed by atoms with Gasteiger partial charge in [0.15, 0.2) is 0 Å². The zero-order chi connectivity index (χ0) is 24.3. The summed E-state index contributed by atoms with van der Waals surface area (Å²) in [4.78, 5) is 59.4. The highest BCUT2D eigenvalue weighted by molar-refractivity contribution is 5.94. The fraction of sp³-hybridized carbons (Fsp3) is 0.476. The standard InChI is InChI=1S/C21H31N5O6/c1-3-12(2)18(26-19(29)14(22)10-16(23)27)20(30)24-11-17(28)25-15(21(31)32)9-13-7-5-4-6-8-13/h4-8,12,14-15,18H,3,9-11,22H2,1-2H3,(H2,23,27)(H,24,30)(H,25,28)(H,26,29)(H,31,32). The van der Waals surface area contributed by atoms with Crippen molar-refractivity contribution in [2.75, 3.05) is 6.54 Å². The number of hydrogen-bond donors (Lipinski definition) is 6. The van der Waals surface area contributed by atoms with Crippen molar-refractivity contribution in [1.82, 2.24) is 16.0 Å². The van der Waals surface area contributed by atoms with Crippen LogP contribution in [-0.4, -0.2) is 59.4 Å². The van der Waals surface area contributed by atoms with Crippen LogP contribution in [0.15, 0.2) is 30.3 Å². The van der Waals surface area contributed by atoms with E-state index in [9.17, 15) is 29.1 Å². The molecule has 0 saturated heterocycles. The van der Waals surface area contributed by atoms with Gasteiger partial charge in [-0.25, -0.2) is 4.79 Å². The van der Waals surface area contributed by atoms with Gasteiger partial charge >= 0.3 is 5.97 Å². The van der Waals surface area contributed by atoms with Gasteiger partial charge in [-0.3, -0.25) is 19.2 Å². The van der Waals surface area contributed by atoms with Crippen molar-refractivity contribution in [2.24, 2.45) is 17.4 Å². The zero-order valence-electron chi connectivity index (χ0n) is 18.2. The molecule has 0 radical (unpaired) electrons. The van der Waals surface area contributed by atoms with Crippen LogP contribution in [0.1, 0.15) is 32.3 Å². The number of aliphatic carboxylic acids is 1. The Morgan fingerprint density at radius 1 is 1.03 bits per heavy atom. The molecule has 11 nitrogen and oxygen atoms in total. The van der Waals surface area contributed by atoms with Crippen molar-refractivity contribution >= 4 is 29.6 Å². The predicted octanol–water partition coefficient (Wildman–Crippen LogP) is -1.35. The van der Waals surface area contributed by atoms with Crippen LogP contribution in [0.3, 0.4) is 0 Å². The minimum atomic E-state index is -1.21. The summed E-state index contributed by atoms with van der Waals surface area (Å²) in [5, 5.41) is 16.6. The van der Waals surface area contributed by atoms with Crippen LogP contribution >= 0.6 is 0 Å². The molecule has 0 saturated carbocycles. The van der Waals surface area contributed by atoms with Crippen molar-refractivity contribution in [3.05, 3.63) is 35.9 Å². The Labute approximate surface area is 186 Å². The van der Waals surface area contributed by atoms with Gasteiger partial charge in [0.1, 0.15) is 12.1 Å². The molecule has 4 atom stereocenters. The van der Waals surface area contributed by atoms with E-state index >= 15 is 0 Å². The Hall–Kier alpha value is -3.47. The number of carbonyl (C=O) groups is 5. The molecule has 176 valence electrons.